The molecule has 0 radical (unpaired) electrons. The maximum absolute atomic E-state index is 14.0. The van der Waals surface area contributed by atoms with E-state index < -0.39 is 29.2 Å². The van der Waals surface area contributed by atoms with Crippen LogP contribution < -0.4 is 4.90 Å². The molecule has 0 saturated carbocycles. The molecule has 2 heterocycles. The van der Waals surface area contributed by atoms with Crippen molar-refractivity contribution in [3.63, 3.8) is 0 Å². The Morgan fingerprint density at radius 2 is 1.64 bits per heavy atom. The first kappa shape index (κ1) is 20.9. The fourth-order valence-corrected chi connectivity index (χ4v) is 5.34. The first-order chi connectivity index (χ1) is 16.0. The summed E-state index contributed by atoms with van der Waals surface area (Å²) in [5.41, 5.74) is 0.930. The summed E-state index contributed by atoms with van der Waals surface area (Å²) in [4.78, 5) is 15.9. The first-order valence-corrected chi connectivity index (χ1v) is 10.8. The molecule has 2 aliphatic rings. The Labute approximate surface area is 195 Å². The monoisotopic (exact) mass is 453 g/mol. The van der Waals surface area contributed by atoms with Gasteiger partial charge in [-0.25, -0.2) is 4.39 Å². The lowest BCUT2D eigenvalue weighted by Crippen LogP contribution is -2.44. The van der Waals surface area contributed by atoms with Crippen molar-refractivity contribution in [1.82, 2.24) is 0 Å². The van der Waals surface area contributed by atoms with E-state index in [1.54, 1.807) is 24.3 Å². The molecule has 2 aliphatic heterocycles. The number of hydrogen-bond donors (Lipinski definition) is 0. The predicted octanol–water partition coefficient (Wildman–Crippen LogP) is 5.76. The average molecular weight is 454 g/mol. The predicted molar refractivity (Wildman–Crippen MR) is 124 cm³/mol. The zero-order valence-electron chi connectivity index (χ0n) is 17.3. The van der Waals surface area contributed by atoms with E-state index in [0.29, 0.717) is 16.1 Å². The summed E-state index contributed by atoms with van der Waals surface area (Å²) in [7, 11) is 0. The summed E-state index contributed by atoms with van der Waals surface area (Å²) in [5.74, 6) is -1.59. The molecule has 4 nitrogen and oxygen atoms in total. The van der Waals surface area contributed by atoms with Crippen LogP contribution in [0.2, 0.25) is 5.02 Å². The molecule has 0 aromatic heterocycles. The number of benzene rings is 3. The molecule has 3 atom stereocenters. The molecular weight excluding hydrogens is 437 g/mol. The Balaban J connectivity index is 1.80. The van der Waals surface area contributed by atoms with Crippen molar-refractivity contribution in [2.45, 2.75) is 18.0 Å². The van der Waals surface area contributed by atoms with Gasteiger partial charge in [-0.2, -0.15) is 10.5 Å². The topological polar surface area (TPSA) is 67.9 Å². The van der Waals surface area contributed by atoms with Crippen molar-refractivity contribution in [2.75, 3.05) is 4.90 Å². The molecular formula is C27H17ClFN3O. The lowest BCUT2D eigenvalue weighted by molar-refractivity contribution is 0.0951. The van der Waals surface area contributed by atoms with Crippen LogP contribution in [0, 0.1) is 33.9 Å². The van der Waals surface area contributed by atoms with Gasteiger partial charge in [-0.3, -0.25) is 4.79 Å². The maximum Gasteiger partial charge on any atom is 0.185 e. The molecule has 3 aromatic carbocycles. The molecule has 0 spiro atoms. The van der Waals surface area contributed by atoms with Gasteiger partial charge in [0.15, 0.2) is 11.2 Å². The van der Waals surface area contributed by atoms with E-state index >= 15 is 0 Å². The van der Waals surface area contributed by atoms with Crippen molar-refractivity contribution >= 4 is 29.1 Å². The minimum Gasteiger partial charge on any atom is -0.351 e. The summed E-state index contributed by atoms with van der Waals surface area (Å²) >= 11 is 6.56. The quantitative estimate of drug-likeness (QED) is 0.472. The van der Waals surface area contributed by atoms with Gasteiger partial charge in [0.1, 0.15) is 11.9 Å². The molecule has 0 N–H and O–H groups in total. The molecule has 3 aromatic rings. The Hall–Kier alpha value is -3.93. The summed E-state index contributed by atoms with van der Waals surface area (Å²) < 4.78 is 13.6. The largest absolute Gasteiger partial charge is 0.351 e. The number of nitriles is 2. The zero-order chi connectivity index (χ0) is 23.2. The highest BCUT2D eigenvalue weighted by atomic mass is 35.5. The van der Waals surface area contributed by atoms with Crippen molar-refractivity contribution in [1.29, 1.82) is 10.5 Å². The number of para-hydroxylation sites is 1. The molecule has 0 amide bonds. The number of fused-ring (bicyclic) bond motifs is 3. The second-order valence-corrected chi connectivity index (χ2v) is 8.59. The molecule has 5 rings (SSSR count). The summed E-state index contributed by atoms with van der Waals surface area (Å²) in [6.07, 6.45) is 3.70. The van der Waals surface area contributed by atoms with Crippen LogP contribution >= 0.6 is 11.6 Å². The van der Waals surface area contributed by atoms with Crippen LogP contribution in [0.3, 0.4) is 0 Å². The van der Waals surface area contributed by atoms with Gasteiger partial charge in [0.25, 0.3) is 0 Å². The Morgan fingerprint density at radius 1 is 0.970 bits per heavy atom. The lowest BCUT2D eigenvalue weighted by Gasteiger charge is -2.35. The fourth-order valence-electron chi connectivity index (χ4n) is 5.09. The molecule has 0 aliphatic carbocycles. The number of carbonyl (C=O) groups excluding carboxylic acids is 1. The molecule has 3 unspecified atom stereocenters. The van der Waals surface area contributed by atoms with Gasteiger partial charge in [-0.1, -0.05) is 60.2 Å². The van der Waals surface area contributed by atoms with E-state index in [2.05, 4.69) is 12.1 Å². The average Bonchev–Trinajstić information content (AvgIpc) is 3.15. The number of halogens is 2. The molecule has 1 saturated heterocycles. The second-order valence-electron chi connectivity index (χ2n) is 8.18. The molecule has 6 heteroatoms. The van der Waals surface area contributed by atoms with Gasteiger partial charge in [0.05, 0.1) is 18.2 Å². The number of ketones is 1. The highest BCUT2D eigenvalue weighted by Crippen LogP contribution is 2.56. The number of nitrogens with zero attached hydrogens (tertiary/aromatic N) is 3. The summed E-state index contributed by atoms with van der Waals surface area (Å²) in [6, 6.07) is 22.8. The lowest BCUT2D eigenvalue weighted by atomic mass is 9.69. The molecule has 160 valence electrons. The summed E-state index contributed by atoms with van der Waals surface area (Å²) in [6.45, 7) is 0. The normalized spacial score (nSPS) is 22.1. The van der Waals surface area contributed by atoms with Crippen LogP contribution in [-0.4, -0.2) is 17.9 Å². The van der Waals surface area contributed by atoms with Gasteiger partial charge in [0.2, 0.25) is 0 Å². The third kappa shape index (κ3) is 3.05. The van der Waals surface area contributed by atoms with Crippen LogP contribution in [0.15, 0.2) is 78.9 Å². The standard InChI is InChI=1S/C27H17ClFN3O/c28-21-7-3-2-6-20(21)24-25(26(33)18-9-12-19(29)13-10-18)32-22-8-4-1-5-17(22)11-14-23(32)27(24,15-30)16-31/h1-14,23-25H. The Kier molecular flexibility index (Phi) is 5.01. The van der Waals surface area contributed by atoms with Crippen LogP contribution in [0.25, 0.3) is 6.08 Å². The van der Waals surface area contributed by atoms with Gasteiger partial charge in [-0.15, -0.1) is 0 Å². The highest BCUT2D eigenvalue weighted by molar-refractivity contribution is 6.31. The second kappa shape index (κ2) is 7.89. The smallest absolute Gasteiger partial charge is 0.185 e. The van der Waals surface area contributed by atoms with Crippen LogP contribution in [-0.2, 0) is 0 Å². The first-order valence-electron chi connectivity index (χ1n) is 10.4. The zero-order valence-corrected chi connectivity index (χ0v) is 18.1. The van der Waals surface area contributed by atoms with Crippen LogP contribution in [0.5, 0.6) is 0 Å². The van der Waals surface area contributed by atoms with E-state index in [1.165, 1.54) is 24.3 Å². The number of Topliss-reactive ketones (excluding diaryl/α,β-unsaturated/α-hetero) is 1. The molecule has 33 heavy (non-hydrogen) atoms. The van der Waals surface area contributed by atoms with Gasteiger partial charge in [0, 0.05) is 22.2 Å². The molecule has 0 bridgehead atoms. The minimum absolute atomic E-state index is 0.302. The van der Waals surface area contributed by atoms with Crippen molar-refractivity contribution in [2.24, 2.45) is 5.41 Å². The van der Waals surface area contributed by atoms with E-state index in [-0.39, 0.29) is 5.78 Å². The van der Waals surface area contributed by atoms with Gasteiger partial charge >= 0.3 is 0 Å². The Morgan fingerprint density at radius 3 is 2.33 bits per heavy atom. The number of carbonyl (C=O) groups is 1. The third-order valence-electron chi connectivity index (χ3n) is 6.55. The fraction of sp³-hybridized carbons (Fsp3) is 0.148. The third-order valence-corrected chi connectivity index (χ3v) is 6.90. The number of hydrogen-bond acceptors (Lipinski definition) is 4. The maximum atomic E-state index is 14.0. The highest BCUT2D eigenvalue weighted by Gasteiger charge is 2.63. The molecule has 1 fully saturated rings. The minimum atomic E-state index is -1.57. The van der Waals surface area contributed by atoms with E-state index in [4.69, 9.17) is 11.6 Å². The van der Waals surface area contributed by atoms with Gasteiger partial charge in [-0.05, 0) is 47.5 Å². The van der Waals surface area contributed by atoms with Crippen molar-refractivity contribution in [3.05, 3.63) is 106 Å². The number of rotatable bonds is 3. The van der Waals surface area contributed by atoms with Crippen LogP contribution in [0.1, 0.15) is 27.4 Å². The number of anilines is 1. The van der Waals surface area contributed by atoms with Crippen LogP contribution in [0.4, 0.5) is 10.1 Å². The SMILES string of the molecule is N#CC1(C#N)C(c2ccccc2Cl)C(C(=O)c2ccc(F)cc2)N2c3ccccc3C=CC21. The van der Waals surface area contributed by atoms with Crippen molar-refractivity contribution in [3.8, 4) is 12.1 Å². The Bertz CT molecular complexity index is 1360. The van der Waals surface area contributed by atoms with E-state index in [1.807, 2.05) is 41.3 Å². The van der Waals surface area contributed by atoms with E-state index in [9.17, 15) is 19.7 Å². The van der Waals surface area contributed by atoms with E-state index in [0.717, 1.165) is 11.3 Å². The summed E-state index contributed by atoms with van der Waals surface area (Å²) in [5, 5.41) is 21.2. The van der Waals surface area contributed by atoms with Gasteiger partial charge < -0.3 is 4.90 Å². The van der Waals surface area contributed by atoms with Crippen molar-refractivity contribution < 1.29 is 9.18 Å².